The number of nitrogens with zero attached hydrogens (tertiary/aromatic N) is 5. The summed E-state index contributed by atoms with van der Waals surface area (Å²) in [6, 6.07) is 11.6. The first-order valence-corrected chi connectivity index (χ1v) is 9.57. The lowest BCUT2D eigenvalue weighted by Crippen LogP contribution is -2.34. The van der Waals surface area contributed by atoms with E-state index in [-0.39, 0.29) is 11.9 Å². The van der Waals surface area contributed by atoms with Gasteiger partial charge in [-0.25, -0.2) is 0 Å². The fraction of sp³-hybridized carbons (Fsp3) is 0.400. The number of amides is 1. The highest BCUT2D eigenvalue weighted by atomic mass is 16.2. The van der Waals surface area contributed by atoms with Gasteiger partial charge in [0.05, 0.1) is 0 Å². The Labute approximate surface area is 158 Å². The third-order valence-electron chi connectivity index (χ3n) is 4.96. The molecule has 1 amide bonds. The number of carbonyl (C=O) groups is 1. The third-order valence-corrected chi connectivity index (χ3v) is 4.96. The summed E-state index contributed by atoms with van der Waals surface area (Å²) in [4.78, 5) is 12.9. The Morgan fingerprint density at radius 2 is 2.04 bits per heavy atom. The van der Waals surface area contributed by atoms with Crippen molar-refractivity contribution >= 4 is 5.91 Å². The zero-order valence-corrected chi connectivity index (χ0v) is 15.3. The van der Waals surface area contributed by atoms with Crippen LogP contribution < -0.4 is 5.32 Å². The topological polar surface area (TPSA) is 77.6 Å². The largest absolute Gasteiger partial charge is 0.354 e. The Bertz CT molecular complexity index is 871. The minimum absolute atomic E-state index is 0.0515. The van der Waals surface area contributed by atoms with Gasteiger partial charge in [-0.15, -0.1) is 10.2 Å². The summed E-state index contributed by atoms with van der Waals surface area (Å²) in [5.74, 6) is 1.74. The number of aromatic nitrogens is 5. The molecule has 0 radical (unpaired) electrons. The predicted molar refractivity (Wildman–Crippen MR) is 102 cm³/mol. The fourth-order valence-corrected chi connectivity index (χ4v) is 3.61. The minimum Gasteiger partial charge on any atom is -0.354 e. The summed E-state index contributed by atoms with van der Waals surface area (Å²) in [5, 5.41) is 16.1. The fourth-order valence-electron chi connectivity index (χ4n) is 3.61. The second-order valence-corrected chi connectivity index (χ2v) is 6.85. The predicted octanol–water partition coefficient (Wildman–Crippen LogP) is 2.62. The minimum atomic E-state index is -0.252. The second-order valence-electron chi connectivity index (χ2n) is 6.85. The Hall–Kier alpha value is -2.96. The molecule has 1 atom stereocenters. The van der Waals surface area contributed by atoms with Crippen LogP contribution in [0.2, 0.25) is 0 Å². The number of carbonyl (C=O) groups excluding carboxylic acids is 1. The van der Waals surface area contributed by atoms with Crippen molar-refractivity contribution in [3.8, 4) is 11.4 Å². The van der Waals surface area contributed by atoms with Gasteiger partial charge < -0.3 is 5.32 Å². The van der Waals surface area contributed by atoms with Crippen molar-refractivity contribution in [1.29, 1.82) is 0 Å². The number of benzene rings is 1. The van der Waals surface area contributed by atoms with Gasteiger partial charge in [-0.3, -0.25) is 14.0 Å². The van der Waals surface area contributed by atoms with E-state index in [1.807, 2.05) is 51.8 Å². The molecule has 0 bridgehead atoms. The van der Waals surface area contributed by atoms with E-state index < -0.39 is 0 Å². The summed E-state index contributed by atoms with van der Waals surface area (Å²) in [5.41, 5.74) is 0.995. The first-order valence-electron chi connectivity index (χ1n) is 9.57. The molecule has 2 aromatic heterocycles. The SMILES string of the molecule is O=C(NCCCn1cccn1)C1CCCCc2nnc(-c3ccccc3)n21. The average Bonchev–Trinajstić information content (AvgIpc) is 3.32. The first kappa shape index (κ1) is 17.5. The highest BCUT2D eigenvalue weighted by molar-refractivity contribution is 5.81. The summed E-state index contributed by atoms with van der Waals surface area (Å²) in [7, 11) is 0. The first-order chi connectivity index (χ1) is 13.3. The zero-order valence-electron chi connectivity index (χ0n) is 15.3. The lowest BCUT2D eigenvalue weighted by atomic mass is 10.1. The van der Waals surface area contributed by atoms with Crippen molar-refractivity contribution in [2.24, 2.45) is 0 Å². The van der Waals surface area contributed by atoms with Crippen LogP contribution >= 0.6 is 0 Å². The van der Waals surface area contributed by atoms with Crippen molar-refractivity contribution in [3.63, 3.8) is 0 Å². The summed E-state index contributed by atoms with van der Waals surface area (Å²) < 4.78 is 3.92. The molecule has 0 saturated carbocycles. The maximum absolute atomic E-state index is 12.9. The molecule has 1 aliphatic heterocycles. The van der Waals surface area contributed by atoms with E-state index in [9.17, 15) is 4.79 Å². The van der Waals surface area contributed by atoms with Crippen LogP contribution in [0.3, 0.4) is 0 Å². The highest BCUT2D eigenvalue weighted by Gasteiger charge is 2.28. The number of aryl methyl sites for hydroxylation is 2. The summed E-state index contributed by atoms with van der Waals surface area (Å²) in [6.07, 6.45) is 8.28. The van der Waals surface area contributed by atoms with E-state index >= 15 is 0 Å². The normalized spacial score (nSPS) is 16.5. The van der Waals surface area contributed by atoms with Crippen molar-refractivity contribution < 1.29 is 4.79 Å². The van der Waals surface area contributed by atoms with Crippen LogP contribution in [-0.2, 0) is 17.8 Å². The maximum Gasteiger partial charge on any atom is 0.243 e. The van der Waals surface area contributed by atoms with Gasteiger partial charge in [-0.2, -0.15) is 5.10 Å². The van der Waals surface area contributed by atoms with Gasteiger partial charge in [0.15, 0.2) is 5.82 Å². The molecule has 140 valence electrons. The number of hydrogen-bond donors (Lipinski definition) is 1. The Morgan fingerprint density at radius 1 is 1.15 bits per heavy atom. The number of hydrogen-bond acceptors (Lipinski definition) is 4. The van der Waals surface area contributed by atoms with Crippen LogP contribution in [0.15, 0.2) is 48.8 Å². The van der Waals surface area contributed by atoms with E-state index in [4.69, 9.17) is 0 Å². The van der Waals surface area contributed by atoms with E-state index in [1.165, 1.54) is 0 Å². The van der Waals surface area contributed by atoms with Gasteiger partial charge in [0.1, 0.15) is 11.9 Å². The second kappa shape index (κ2) is 8.16. The van der Waals surface area contributed by atoms with Crippen LogP contribution in [0.1, 0.15) is 37.5 Å². The molecule has 0 fully saturated rings. The molecule has 7 heteroatoms. The molecular weight excluding hydrogens is 340 g/mol. The van der Waals surface area contributed by atoms with Crippen LogP contribution in [0, 0.1) is 0 Å². The molecule has 27 heavy (non-hydrogen) atoms. The molecule has 3 aromatic rings. The molecule has 0 spiro atoms. The molecule has 1 aliphatic rings. The van der Waals surface area contributed by atoms with Crippen LogP contribution in [-0.4, -0.2) is 37.0 Å². The van der Waals surface area contributed by atoms with E-state index in [0.29, 0.717) is 6.54 Å². The monoisotopic (exact) mass is 364 g/mol. The Kier molecular flexibility index (Phi) is 5.27. The summed E-state index contributed by atoms with van der Waals surface area (Å²) in [6.45, 7) is 1.43. The molecule has 0 aliphatic carbocycles. The lowest BCUT2D eigenvalue weighted by Gasteiger charge is -2.19. The van der Waals surface area contributed by atoms with Gasteiger partial charge >= 0.3 is 0 Å². The Morgan fingerprint density at radius 3 is 2.85 bits per heavy atom. The van der Waals surface area contributed by atoms with E-state index in [0.717, 1.165) is 55.9 Å². The molecule has 0 saturated heterocycles. The zero-order chi connectivity index (χ0) is 18.5. The number of rotatable bonds is 6. The molecule has 1 unspecified atom stereocenters. The van der Waals surface area contributed by atoms with Gasteiger partial charge in [0.25, 0.3) is 0 Å². The Balaban J connectivity index is 1.48. The average molecular weight is 364 g/mol. The van der Waals surface area contributed by atoms with E-state index in [2.05, 4.69) is 20.6 Å². The number of nitrogens with one attached hydrogen (secondary N) is 1. The van der Waals surface area contributed by atoms with Gasteiger partial charge in [0, 0.05) is 37.5 Å². The van der Waals surface area contributed by atoms with Crippen LogP contribution in [0.25, 0.3) is 11.4 Å². The summed E-state index contributed by atoms with van der Waals surface area (Å²) >= 11 is 0. The maximum atomic E-state index is 12.9. The molecule has 1 aromatic carbocycles. The van der Waals surface area contributed by atoms with Gasteiger partial charge in [-0.05, 0) is 25.3 Å². The third kappa shape index (κ3) is 3.92. The standard InChI is InChI=1S/C20H24N6O/c27-20(21-12-6-14-25-15-7-13-22-25)17-10-4-5-11-18-23-24-19(26(17)18)16-8-2-1-3-9-16/h1-3,7-9,13,15,17H,4-6,10-12,14H2,(H,21,27). The molecular formula is C20H24N6O. The molecule has 1 N–H and O–H groups in total. The van der Waals surface area contributed by atoms with Crippen molar-refractivity contribution in [2.75, 3.05) is 6.54 Å². The number of fused-ring (bicyclic) bond motifs is 1. The highest BCUT2D eigenvalue weighted by Crippen LogP contribution is 2.29. The van der Waals surface area contributed by atoms with Crippen molar-refractivity contribution in [3.05, 3.63) is 54.6 Å². The molecule has 7 nitrogen and oxygen atoms in total. The van der Waals surface area contributed by atoms with Gasteiger partial charge in [-0.1, -0.05) is 36.8 Å². The lowest BCUT2D eigenvalue weighted by molar-refractivity contribution is -0.124. The molecule has 3 heterocycles. The molecule has 4 rings (SSSR count). The van der Waals surface area contributed by atoms with Crippen molar-refractivity contribution in [2.45, 2.75) is 44.7 Å². The van der Waals surface area contributed by atoms with E-state index in [1.54, 1.807) is 6.20 Å². The van der Waals surface area contributed by atoms with Crippen LogP contribution in [0.4, 0.5) is 0 Å². The smallest absolute Gasteiger partial charge is 0.243 e. The van der Waals surface area contributed by atoms with Crippen LogP contribution in [0.5, 0.6) is 0 Å². The van der Waals surface area contributed by atoms with Gasteiger partial charge in [0.2, 0.25) is 5.91 Å². The van der Waals surface area contributed by atoms with Crippen molar-refractivity contribution in [1.82, 2.24) is 29.9 Å². The quantitative estimate of drug-likeness (QED) is 0.682.